The minimum atomic E-state index is -3.93. The maximum Gasteiger partial charge on any atom is 0.243 e. The smallest absolute Gasteiger partial charge is 0.243 e. The lowest BCUT2D eigenvalue weighted by Crippen LogP contribution is -2.46. The number of benzene rings is 2. The van der Waals surface area contributed by atoms with E-state index in [1.165, 1.54) is 4.31 Å². The van der Waals surface area contributed by atoms with Gasteiger partial charge >= 0.3 is 0 Å². The molecule has 1 atom stereocenters. The van der Waals surface area contributed by atoms with E-state index in [-0.39, 0.29) is 35.9 Å². The van der Waals surface area contributed by atoms with Crippen molar-refractivity contribution >= 4 is 21.6 Å². The van der Waals surface area contributed by atoms with Gasteiger partial charge in [0.25, 0.3) is 0 Å². The molecule has 0 aliphatic carbocycles. The number of amides is 1. The molecule has 0 radical (unpaired) electrons. The predicted molar refractivity (Wildman–Crippen MR) is 105 cm³/mol. The summed E-state index contributed by atoms with van der Waals surface area (Å²) in [6.45, 7) is 2.35. The van der Waals surface area contributed by atoms with Crippen molar-refractivity contribution in [3.63, 3.8) is 0 Å². The van der Waals surface area contributed by atoms with Crippen LogP contribution in [0.3, 0.4) is 0 Å². The van der Waals surface area contributed by atoms with E-state index in [2.05, 4.69) is 0 Å². The molecule has 2 aliphatic heterocycles. The van der Waals surface area contributed by atoms with E-state index in [0.29, 0.717) is 18.9 Å². The molecule has 0 aromatic heterocycles. The zero-order valence-corrected chi connectivity index (χ0v) is 16.8. The molecule has 1 amide bonds. The van der Waals surface area contributed by atoms with E-state index in [1.54, 1.807) is 0 Å². The van der Waals surface area contributed by atoms with Crippen LogP contribution in [-0.4, -0.2) is 37.8 Å². The highest BCUT2D eigenvalue weighted by molar-refractivity contribution is 7.89. The van der Waals surface area contributed by atoms with E-state index >= 15 is 0 Å². The van der Waals surface area contributed by atoms with Crippen molar-refractivity contribution in [3.8, 4) is 0 Å². The van der Waals surface area contributed by atoms with Crippen molar-refractivity contribution in [2.75, 3.05) is 18.0 Å². The summed E-state index contributed by atoms with van der Waals surface area (Å²) in [6.07, 6.45) is 1.60. The second kappa shape index (κ2) is 7.50. The molecule has 0 bridgehead atoms. The van der Waals surface area contributed by atoms with Gasteiger partial charge in [-0.1, -0.05) is 18.2 Å². The maximum atomic E-state index is 13.5. The van der Waals surface area contributed by atoms with Crippen LogP contribution in [0, 0.1) is 17.6 Å². The molecule has 0 N–H and O–H groups in total. The van der Waals surface area contributed by atoms with Crippen LogP contribution in [0.1, 0.15) is 25.3 Å². The Morgan fingerprint density at radius 1 is 1.03 bits per heavy atom. The highest BCUT2D eigenvalue weighted by Gasteiger charge is 2.38. The molecule has 29 heavy (non-hydrogen) atoms. The number of rotatable bonds is 3. The molecule has 1 fully saturated rings. The Morgan fingerprint density at radius 2 is 1.72 bits per heavy atom. The number of para-hydroxylation sites is 1. The summed E-state index contributed by atoms with van der Waals surface area (Å²) < 4.78 is 53.3. The second-order valence-corrected chi connectivity index (χ2v) is 9.58. The molecular formula is C21H22F2N2O3S. The zero-order valence-electron chi connectivity index (χ0n) is 16.0. The topological polar surface area (TPSA) is 57.7 Å². The van der Waals surface area contributed by atoms with E-state index in [9.17, 15) is 22.0 Å². The standard InChI is InChI=1S/C21H22F2N2O3S/c1-14-12-16-4-2-3-5-20(16)25(14)21(26)15-8-10-24(11-9-15)29(27,28)17-6-7-18(22)19(23)13-17/h2-7,13-15H,8-12H2,1H3/t14-/m0/s1. The Bertz CT molecular complexity index is 1050. The number of hydrogen-bond acceptors (Lipinski definition) is 3. The van der Waals surface area contributed by atoms with Crippen molar-refractivity contribution < 1.29 is 22.0 Å². The number of sulfonamides is 1. The van der Waals surface area contributed by atoms with Gasteiger partial charge in [-0.3, -0.25) is 4.79 Å². The van der Waals surface area contributed by atoms with Crippen LogP contribution in [0.25, 0.3) is 0 Å². The van der Waals surface area contributed by atoms with Gasteiger partial charge in [-0.25, -0.2) is 17.2 Å². The number of hydrogen-bond donors (Lipinski definition) is 0. The zero-order chi connectivity index (χ0) is 20.8. The molecular weight excluding hydrogens is 398 g/mol. The summed E-state index contributed by atoms with van der Waals surface area (Å²) in [4.78, 5) is 14.7. The van der Waals surface area contributed by atoms with Gasteiger partial charge in [-0.05, 0) is 56.0 Å². The lowest BCUT2D eigenvalue weighted by molar-refractivity contribution is -0.123. The van der Waals surface area contributed by atoms with Gasteiger partial charge in [0.1, 0.15) is 0 Å². The van der Waals surface area contributed by atoms with Crippen LogP contribution >= 0.6 is 0 Å². The summed E-state index contributed by atoms with van der Waals surface area (Å²) in [5, 5.41) is 0. The van der Waals surface area contributed by atoms with Crippen LogP contribution in [0.5, 0.6) is 0 Å². The van der Waals surface area contributed by atoms with Gasteiger partial charge in [-0.2, -0.15) is 4.31 Å². The molecule has 2 aromatic carbocycles. The molecule has 8 heteroatoms. The summed E-state index contributed by atoms with van der Waals surface area (Å²) in [5.41, 5.74) is 2.08. The Kier molecular flexibility index (Phi) is 5.16. The normalized spacial score (nSPS) is 20.7. The number of nitrogens with zero attached hydrogens (tertiary/aromatic N) is 2. The largest absolute Gasteiger partial charge is 0.309 e. The van der Waals surface area contributed by atoms with Crippen molar-refractivity contribution in [2.45, 2.75) is 37.1 Å². The third-order valence-electron chi connectivity index (χ3n) is 5.78. The molecule has 154 valence electrons. The number of halogens is 2. The van der Waals surface area contributed by atoms with Crippen LogP contribution in [0.4, 0.5) is 14.5 Å². The molecule has 5 nitrogen and oxygen atoms in total. The first-order valence-corrected chi connectivity index (χ1v) is 11.1. The number of anilines is 1. The van der Waals surface area contributed by atoms with Crippen LogP contribution in [-0.2, 0) is 21.2 Å². The third-order valence-corrected chi connectivity index (χ3v) is 7.67. The van der Waals surface area contributed by atoms with Gasteiger partial charge in [0.2, 0.25) is 15.9 Å². The fraction of sp³-hybridized carbons (Fsp3) is 0.381. The first-order valence-electron chi connectivity index (χ1n) is 9.65. The van der Waals surface area contributed by atoms with Crippen LogP contribution < -0.4 is 4.90 Å². The van der Waals surface area contributed by atoms with Gasteiger partial charge in [0.05, 0.1) is 4.90 Å². The van der Waals surface area contributed by atoms with Crippen LogP contribution in [0.15, 0.2) is 47.4 Å². The van der Waals surface area contributed by atoms with E-state index < -0.39 is 21.7 Å². The minimum Gasteiger partial charge on any atom is -0.309 e. The Hall–Kier alpha value is -2.32. The second-order valence-electron chi connectivity index (χ2n) is 7.64. The van der Waals surface area contributed by atoms with Crippen molar-refractivity contribution in [1.29, 1.82) is 0 Å². The summed E-state index contributed by atoms with van der Waals surface area (Å²) in [5.74, 6) is -2.53. The minimum absolute atomic E-state index is 0.0207. The molecule has 2 heterocycles. The molecule has 2 aromatic rings. The molecule has 0 spiro atoms. The van der Waals surface area contributed by atoms with Crippen LogP contribution in [0.2, 0.25) is 0 Å². The number of carbonyl (C=O) groups excluding carboxylic acids is 1. The number of piperidine rings is 1. The van der Waals surface area contributed by atoms with E-state index in [0.717, 1.165) is 29.8 Å². The quantitative estimate of drug-likeness (QED) is 0.765. The Morgan fingerprint density at radius 3 is 2.41 bits per heavy atom. The van der Waals surface area contributed by atoms with Crippen molar-refractivity contribution in [3.05, 3.63) is 59.7 Å². The van der Waals surface area contributed by atoms with E-state index in [4.69, 9.17) is 0 Å². The van der Waals surface area contributed by atoms with Crippen molar-refractivity contribution in [2.24, 2.45) is 5.92 Å². The van der Waals surface area contributed by atoms with Gasteiger partial charge < -0.3 is 4.90 Å². The average Bonchev–Trinajstić information content (AvgIpc) is 3.05. The molecule has 1 saturated heterocycles. The highest BCUT2D eigenvalue weighted by Crippen LogP contribution is 2.35. The lowest BCUT2D eigenvalue weighted by atomic mass is 9.96. The Balaban J connectivity index is 1.47. The average molecular weight is 420 g/mol. The van der Waals surface area contributed by atoms with Gasteiger partial charge in [-0.15, -0.1) is 0 Å². The maximum absolute atomic E-state index is 13.5. The van der Waals surface area contributed by atoms with E-state index in [1.807, 2.05) is 36.1 Å². The molecule has 4 rings (SSSR count). The summed E-state index contributed by atoms with van der Waals surface area (Å²) in [6, 6.07) is 10.5. The molecule has 2 aliphatic rings. The first-order chi connectivity index (χ1) is 13.8. The van der Waals surface area contributed by atoms with Gasteiger partial charge in [0.15, 0.2) is 11.6 Å². The fourth-order valence-electron chi connectivity index (χ4n) is 4.23. The SMILES string of the molecule is C[C@H]1Cc2ccccc2N1C(=O)C1CCN(S(=O)(=O)c2ccc(F)c(F)c2)CC1. The molecule has 0 saturated carbocycles. The van der Waals surface area contributed by atoms with Gasteiger partial charge in [0, 0.05) is 30.7 Å². The number of fused-ring (bicyclic) bond motifs is 1. The van der Waals surface area contributed by atoms with Crippen molar-refractivity contribution in [1.82, 2.24) is 4.31 Å². The molecule has 0 unspecified atom stereocenters. The summed E-state index contributed by atoms with van der Waals surface area (Å²) in [7, 11) is -3.93. The lowest BCUT2D eigenvalue weighted by Gasteiger charge is -2.34. The Labute approximate surface area is 169 Å². The monoisotopic (exact) mass is 420 g/mol. The third kappa shape index (κ3) is 3.55. The summed E-state index contributed by atoms with van der Waals surface area (Å²) >= 11 is 0. The highest BCUT2D eigenvalue weighted by atomic mass is 32.2. The number of carbonyl (C=O) groups is 1. The first kappa shape index (κ1) is 20.0. The predicted octanol–water partition coefficient (Wildman–Crippen LogP) is 3.34. The fourth-order valence-corrected chi connectivity index (χ4v) is 5.71.